The fourth-order valence-electron chi connectivity index (χ4n) is 2.83. The summed E-state index contributed by atoms with van der Waals surface area (Å²) in [5.74, 6) is 0. The van der Waals surface area contributed by atoms with Crippen LogP contribution in [0.25, 0.3) is 0 Å². The van der Waals surface area contributed by atoms with Gasteiger partial charge < -0.3 is 10.5 Å². The van der Waals surface area contributed by atoms with E-state index in [1.165, 1.54) is 17.7 Å². The molecule has 3 atom stereocenters. The highest BCUT2D eigenvalue weighted by molar-refractivity contribution is 7.10. The maximum atomic E-state index is 6.38. The highest BCUT2D eigenvalue weighted by Gasteiger charge is 2.28. The maximum Gasteiger partial charge on any atom is 0.0703 e. The molecule has 0 spiro atoms. The van der Waals surface area contributed by atoms with Crippen LogP contribution in [0.1, 0.15) is 44.0 Å². The lowest BCUT2D eigenvalue weighted by molar-refractivity contribution is 0.0538. The standard InChI is InChI=1S/C15H26N2OS/c1-3-13(16)15(14-8-6-10-19-14)17(4-2)11-12-7-5-9-18-12/h6,8,10,12-13,15H,3-5,7,9,11,16H2,1-2H3. The van der Waals surface area contributed by atoms with Crippen LogP contribution in [0.2, 0.25) is 0 Å². The molecule has 1 aromatic heterocycles. The van der Waals surface area contributed by atoms with Crippen LogP contribution < -0.4 is 5.73 Å². The van der Waals surface area contributed by atoms with E-state index in [1.54, 1.807) is 0 Å². The summed E-state index contributed by atoms with van der Waals surface area (Å²) in [6, 6.07) is 4.86. The summed E-state index contributed by atoms with van der Waals surface area (Å²) < 4.78 is 5.79. The molecular weight excluding hydrogens is 256 g/mol. The van der Waals surface area contributed by atoms with Crippen LogP contribution in [-0.2, 0) is 4.74 Å². The van der Waals surface area contributed by atoms with Crippen LogP contribution >= 0.6 is 11.3 Å². The molecule has 2 N–H and O–H groups in total. The maximum absolute atomic E-state index is 6.38. The fraction of sp³-hybridized carbons (Fsp3) is 0.733. The summed E-state index contributed by atoms with van der Waals surface area (Å²) in [5, 5.41) is 2.14. The molecule has 0 aliphatic carbocycles. The molecule has 0 amide bonds. The van der Waals surface area contributed by atoms with Gasteiger partial charge in [0.2, 0.25) is 0 Å². The molecule has 1 aliphatic heterocycles. The molecule has 3 unspecified atom stereocenters. The Balaban J connectivity index is 2.09. The van der Waals surface area contributed by atoms with Gasteiger partial charge in [0.15, 0.2) is 0 Å². The molecule has 0 saturated carbocycles. The topological polar surface area (TPSA) is 38.5 Å². The lowest BCUT2D eigenvalue weighted by atomic mass is 10.0. The van der Waals surface area contributed by atoms with Crippen molar-refractivity contribution in [3.05, 3.63) is 22.4 Å². The molecule has 0 bridgehead atoms. The number of hydrogen-bond donors (Lipinski definition) is 1. The minimum Gasteiger partial charge on any atom is -0.377 e. The van der Waals surface area contributed by atoms with E-state index in [-0.39, 0.29) is 6.04 Å². The van der Waals surface area contributed by atoms with Gasteiger partial charge in [0.1, 0.15) is 0 Å². The summed E-state index contributed by atoms with van der Waals surface area (Å²) in [6.07, 6.45) is 3.79. The Kier molecular flexibility index (Phi) is 5.82. The second-order valence-electron chi connectivity index (χ2n) is 5.25. The third-order valence-corrected chi connectivity index (χ3v) is 4.92. The minimum absolute atomic E-state index is 0.194. The molecular formula is C15H26N2OS. The van der Waals surface area contributed by atoms with Crippen molar-refractivity contribution < 1.29 is 4.74 Å². The molecule has 0 radical (unpaired) electrons. The molecule has 2 heterocycles. The predicted octanol–water partition coefficient (Wildman–Crippen LogP) is 3.03. The number of nitrogens with zero attached hydrogens (tertiary/aromatic N) is 1. The first kappa shape index (κ1) is 15.0. The molecule has 1 fully saturated rings. The van der Waals surface area contributed by atoms with Crippen molar-refractivity contribution in [2.24, 2.45) is 5.73 Å². The summed E-state index contributed by atoms with van der Waals surface area (Å²) >= 11 is 1.81. The first-order valence-electron chi connectivity index (χ1n) is 7.40. The zero-order valence-corrected chi connectivity index (χ0v) is 12.9. The van der Waals surface area contributed by atoms with E-state index in [0.29, 0.717) is 12.1 Å². The molecule has 19 heavy (non-hydrogen) atoms. The summed E-state index contributed by atoms with van der Waals surface area (Å²) in [4.78, 5) is 3.88. The largest absolute Gasteiger partial charge is 0.377 e. The monoisotopic (exact) mass is 282 g/mol. The van der Waals surface area contributed by atoms with Gasteiger partial charge in [0, 0.05) is 24.1 Å². The van der Waals surface area contributed by atoms with Crippen molar-refractivity contribution in [1.82, 2.24) is 4.90 Å². The quantitative estimate of drug-likeness (QED) is 0.835. The number of thiophene rings is 1. The molecule has 4 heteroatoms. The van der Waals surface area contributed by atoms with Crippen LogP contribution in [0.15, 0.2) is 17.5 Å². The third kappa shape index (κ3) is 3.78. The number of rotatable bonds is 7. The average molecular weight is 282 g/mol. The number of hydrogen-bond acceptors (Lipinski definition) is 4. The van der Waals surface area contributed by atoms with Gasteiger partial charge >= 0.3 is 0 Å². The SMILES string of the molecule is CCC(N)C(c1cccs1)N(CC)CC1CCCO1. The van der Waals surface area contributed by atoms with E-state index < -0.39 is 0 Å². The van der Waals surface area contributed by atoms with Gasteiger partial charge in [-0.25, -0.2) is 0 Å². The van der Waals surface area contributed by atoms with Gasteiger partial charge in [0.05, 0.1) is 12.1 Å². The summed E-state index contributed by atoms with van der Waals surface area (Å²) in [6.45, 7) is 7.34. The molecule has 3 nitrogen and oxygen atoms in total. The Morgan fingerprint density at radius 3 is 2.89 bits per heavy atom. The fourth-order valence-corrected chi connectivity index (χ4v) is 3.77. The Morgan fingerprint density at radius 2 is 2.37 bits per heavy atom. The third-order valence-electron chi connectivity index (χ3n) is 3.97. The van der Waals surface area contributed by atoms with Crippen molar-refractivity contribution in [2.45, 2.75) is 51.3 Å². The molecule has 108 valence electrons. The van der Waals surface area contributed by atoms with Crippen LogP contribution in [0.3, 0.4) is 0 Å². The first-order valence-corrected chi connectivity index (χ1v) is 8.28. The normalized spacial score (nSPS) is 22.8. The van der Waals surface area contributed by atoms with Crippen molar-refractivity contribution in [3.8, 4) is 0 Å². The molecule has 2 rings (SSSR count). The van der Waals surface area contributed by atoms with Gasteiger partial charge in [-0.1, -0.05) is 19.9 Å². The Morgan fingerprint density at radius 1 is 1.53 bits per heavy atom. The van der Waals surface area contributed by atoms with Gasteiger partial charge in [-0.3, -0.25) is 4.90 Å². The Labute approximate surface area is 120 Å². The Bertz CT molecular complexity index is 349. The van der Waals surface area contributed by atoms with Crippen LogP contribution in [0.4, 0.5) is 0 Å². The van der Waals surface area contributed by atoms with E-state index >= 15 is 0 Å². The molecule has 0 aromatic carbocycles. The van der Waals surface area contributed by atoms with Crippen molar-refractivity contribution in [2.75, 3.05) is 19.7 Å². The second-order valence-corrected chi connectivity index (χ2v) is 6.23. The molecule has 1 saturated heterocycles. The van der Waals surface area contributed by atoms with Gasteiger partial charge in [0.25, 0.3) is 0 Å². The zero-order valence-electron chi connectivity index (χ0n) is 12.0. The van der Waals surface area contributed by atoms with Crippen molar-refractivity contribution in [1.29, 1.82) is 0 Å². The smallest absolute Gasteiger partial charge is 0.0703 e. The minimum atomic E-state index is 0.194. The lowest BCUT2D eigenvalue weighted by Gasteiger charge is -2.35. The predicted molar refractivity (Wildman–Crippen MR) is 81.5 cm³/mol. The highest BCUT2D eigenvalue weighted by Crippen LogP contribution is 2.30. The molecule has 1 aromatic rings. The summed E-state index contributed by atoms with van der Waals surface area (Å²) in [7, 11) is 0. The van der Waals surface area contributed by atoms with Gasteiger partial charge in [-0.2, -0.15) is 0 Å². The van der Waals surface area contributed by atoms with Crippen molar-refractivity contribution in [3.63, 3.8) is 0 Å². The highest BCUT2D eigenvalue weighted by atomic mass is 32.1. The number of nitrogens with two attached hydrogens (primary N) is 1. The second kappa shape index (κ2) is 7.39. The van der Waals surface area contributed by atoms with E-state index in [2.05, 4.69) is 36.3 Å². The molecule has 1 aliphatic rings. The lowest BCUT2D eigenvalue weighted by Crippen LogP contribution is -2.43. The number of ether oxygens (including phenoxy) is 1. The van der Waals surface area contributed by atoms with E-state index in [1.807, 2.05) is 11.3 Å². The van der Waals surface area contributed by atoms with E-state index in [0.717, 1.165) is 26.1 Å². The van der Waals surface area contributed by atoms with E-state index in [9.17, 15) is 0 Å². The van der Waals surface area contributed by atoms with Gasteiger partial charge in [-0.15, -0.1) is 11.3 Å². The van der Waals surface area contributed by atoms with E-state index in [4.69, 9.17) is 10.5 Å². The number of likely N-dealkylation sites (N-methyl/N-ethyl adjacent to an activating group) is 1. The summed E-state index contributed by atoms with van der Waals surface area (Å²) in [5.41, 5.74) is 6.38. The van der Waals surface area contributed by atoms with Crippen molar-refractivity contribution >= 4 is 11.3 Å². The first-order chi connectivity index (χ1) is 9.26. The zero-order chi connectivity index (χ0) is 13.7. The average Bonchev–Trinajstić information content (AvgIpc) is 3.10. The van der Waals surface area contributed by atoms with Gasteiger partial charge in [-0.05, 0) is 37.3 Å². The van der Waals surface area contributed by atoms with Crippen LogP contribution in [0, 0.1) is 0 Å². The van der Waals surface area contributed by atoms with Crippen LogP contribution in [0.5, 0.6) is 0 Å². The Hall–Kier alpha value is -0.420. The van der Waals surface area contributed by atoms with Crippen LogP contribution in [-0.4, -0.2) is 36.7 Å².